The Hall–Kier alpha value is -0.160. The monoisotopic (exact) mass is 258 g/mol. The van der Waals surface area contributed by atoms with Gasteiger partial charge in [0, 0.05) is 39.3 Å². The molecule has 0 aromatic heterocycles. The average molecular weight is 258 g/mol. The van der Waals surface area contributed by atoms with Gasteiger partial charge in [-0.2, -0.15) is 0 Å². The van der Waals surface area contributed by atoms with Gasteiger partial charge >= 0.3 is 0 Å². The van der Waals surface area contributed by atoms with Gasteiger partial charge in [0.25, 0.3) is 0 Å². The summed E-state index contributed by atoms with van der Waals surface area (Å²) in [5.74, 6) is 0. The third kappa shape index (κ3) is 5.65. The molecular formula is C14H30N2O2. The van der Waals surface area contributed by atoms with Crippen LogP contribution in [0.25, 0.3) is 0 Å². The number of aliphatic hydroxyl groups is 2. The van der Waals surface area contributed by atoms with Crippen LogP contribution in [0.1, 0.15) is 33.6 Å². The first-order chi connectivity index (χ1) is 8.43. The highest BCUT2D eigenvalue weighted by atomic mass is 16.3. The summed E-state index contributed by atoms with van der Waals surface area (Å²) in [6.07, 6.45) is 1.74. The van der Waals surface area contributed by atoms with Gasteiger partial charge in [-0.05, 0) is 24.8 Å². The molecule has 0 aromatic rings. The molecule has 0 amide bonds. The molecule has 108 valence electrons. The van der Waals surface area contributed by atoms with Crippen molar-refractivity contribution in [3.63, 3.8) is 0 Å². The molecule has 18 heavy (non-hydrogen) atoms. The summed E-state index contributed by atoms with van der Waals surface area (Å²) >= 11 is 0. The predicted molar refractivity (Wildman–Crippen MR) is 74.7 cm³/mol. The first-order valence-corrected chi connectivity index (χ1v) is 7.17. The molecule has 1 saturated heterocycles. The highest BCUT2D eigenvalue weighted by molar-refractivity contribution is 4.79. The van der Waals surface area contributed by atoms with E-state index in [1.165, 1.54) is 0 Å². The lowest BCUT2D eigenvalue weighted by Gasteiger charge is -2.38. The van der Waals surface area contributed by atoms with Crippen LogP contribution >= 0.6 is 0 Å². The second-order valence-corrected chi connectivity index (χ2v) is 6.45. The number of β-amino-alcohol motifs (C(OH)–C–C–N with tert-alkyl or cyclic N) is 1. The minimum atomic E-state index is -0.251. The molecule has 4 heteroatoms. The van der Waals surface area contributed by atoms with Gasteiger partial charge in [-0.3, -0.25) is 4.90 Å². The van der Waals surface area contributed by atoms with Gasteiger partial charge in [-0.1, -0.05) is 20.8 Å². The molecule has 1 atom stereocenters. The molecule has 1 unspecified atom stereocenters. The molecule has 1 fully saturated rings. The van der Waals surface area contributed by atoms with E-state index in [0.717, 1.165) is 52.1 Å². The lowest BCUT2D eigenvalue weighted by molar-refractivity contribution is 0.0132. The summed E-state index contributed by atoms with van der Waals surface area (Å²) in [7, 11) is 0. The molecule has 2 N–H and O–H groups in total. The summed E-state index contributed by atoms with van der Waals surface area (Å²) in [4.78, 5) is 4.81. The Bertz CT molecular complexity index is 220. The summed E-state index contributed by atoms with van der Waals surface area (Å²) < 4.78 is 0. The standard InChI is InChI=1S/C14H30N2O2/c1-14(2,3)13(18)12-16-9-7-15(8-10-16)6-4-5-11-17/h13,17-18H,4-12H2,1-3H3. The second-order valence-electron chi connectivity index (χ2n) is 6.45. The molecule has 1 aliphatic rings. The molecule has 1 heterocycles. The normalized spacial score (nSPS) is 21.2. The fourth-order valence-electron chi connectivity index (χ4n) is 2.16. The fraction of sp³-hybridized carbons (Fsp3) is 1.00. The van der Waals surface area contributed by atoms with Crippen molar-refractivity contribution in [1.29, 1.82) is 0 Å². The van der Waals surface area contributed by atoms with Gasteiger partial charge in [0.05, 0.1) is 6.10 Å². The summed E-state index contributed by atoms with van der Waals surface area (Å²) in [6, 6.07) is 0. The number of unbranched alkanes of at least 4 members (excludes halogenated alkanes) is 1. The largest absolute Gasteiger partial charge is 0.396 e. The van der Waals surface area contributed by atoms with Gasteiger partial charge in [-0.15, -0.1) is 0 Å². The molecule has 1 rings (SSSR count). The molecular weight excluding hydrogens is 228 g/mol. The minimum Gasteiger partial charge on any atom is -0.396 e. The van der Waals surface area contributed by atoms with Crippen LogP contribution in [0.3, 0.4) is 0 Å². The molecule has 0 aromatic carbocycles. The molecule has 4 nitrogen and oxygen atoms in total. The maximum Gasteiger partial charge on any atom is 0.0715 e. The average Bonchev–Trinajstić information content (AvgIpc) is 2.30. The quantitative estimate of drug-likeness (QED) is 0.691. The van der Waals surface area contributed by atoms with Crippen molar-refractivity contribution < 1.29 is 10.2 Å². The van der Waals surface area contributed by atoms with E-state index in [1.807, 2.05) is 0 Å². The van der Waals surface area contributed by atoms with Crippen molar-refractivity contribution in [2.24, 2.45) is 5.41 Å². The zero-order valence-corrected chi connectivity index (χ0v) is 12.2. The van der Waals surface area contributed by atoms with E-state index in [0.29, 0.717) is 6.61 Å². The van der Waals surface area contributed by atoms with E-state index in [1.54, 1.807) is 0 Å². The van der Waals surface area contributed by atoms with Crippen molar-refractivity contribution in [3.05, 3.63) is 0 Å². The van der Waals surface area contributed by atoms with Crippen molar-refractivity contribution >= 4 is 0 Å². The molecule has 0 bridgehead atoms. The molecule has 0 saturated carbocycles. The zero-order chi connectivity index (χ0) is 13.6. The van der Waals surface area contributed by atoms with E-state index >= 15 is 0 Å². The number of nitrogens with zero attached hydrogens (tertiary/aromatic N) is 2. The third-order valence-corrected chi connectivity index (χ3v) is 3.78. The van der Waals surface area contributed by atoms with Crippen LogP contribution in [-0.4, -0.2) is 72.0 Å². The van der Waals surface area contributed by atoms with E-state index < -0.39 is 0 Å². The van der Waals surface area contributed by atoms with Crippen LogP contribution in [-0.2, 0) is 0 Å². The highest BCUT2D eigenvalue weighted by Gasteiger charge is 2.26. The first kappa shape index (κ1) is 15.9. The van der Waals surface area contributed by atoms with Crippen molar-refractivity contribution in [1.82, 2.24) is 9.80 Å². The van der Waals surface area contributed by atoms with Gasteiger partial charge in [0.15, 0.2) is 0 Å². The second kappa shape index (κ2) is 7.43. The van der Waals surface area contributed by atoms with Crippen molar-refractivity contribution in [2.75, 3.05) is 45.9 Å². The number of rotatable bonds is 6. The minimum absolute atomic E-state index is 0.0295. The summed E-state index contributed by atoms with van der Waals surface area (Å²) in [5.41, 5.74) is -0.0295. The van der Waals surface area contributed by atoms with Crippen LogP contribution in [0.4, 0.5) is 0 Å². The Morgan fingerprint density at radius 3 is 2.06 bits per heavy atom. The SMILES string of the molecule is CC(C)(C)C(O)CN1CCN(CCCCO)CC1. The molecule has 0 aliphatic carbocycles. The van der Waals surface area contributed by atoms with Crippen LogP contribution < -0.4 is 0 Å². The smallest absolute Gasteiger partial charge is 0.0715 e. The van der Waals surface area contributed by atoms with E-state index in [9.17, 15) is 5.11 Å². The van der Waals surface area contributed by atoms with Crippen LogP contribution in [0, 0.1) is 5.41 Å². The fourth-order valence-corrected chi connectivity index (χ4v) is 2.16. The van der Waals surface area contributed by atoms with Crippen molar-refractivity contribution in [3.8, 4) is 0 Å². The van der Waals surface area contributed by atoms with Gasteiger partial charge in [0.1, 0.15) is 0 Å². The van der Waals surface area contributed by atoms with Crippen LogP contribution in [0.15, 0.2) is 0 Å². The Morgan fingerprint density at radius 2 is 1.56 bits per heavy atom. The first-order valence-electron chi connectivity index (χ1n) is 7.17. The van der Waals surface area contributed by atoms with Gasteiger partial charge in [0.2, 0.25) is 0 Å². The Morgan fingerprint density at radius 1 is 1.00 bits per heavy atom. The lowest BCUT2D eigenvalue weighted by atomic mass is 9.89. The topological polar surface area (TPSA) is 46.9 Å². The highest BCUT2D eigenvalue weighted by Crippen LogP contribution is 2.20. The number of aliphatic hydroxyl groups excluding tert-OH is 2. The number of hydrogen-bond acceptors (Lipinski definition) is 4. The molecule has 1 aliphatic heterocycles. The zero-order valence-electron chi connectivity index (χ0n) is 12.2. The van der Waals surface area contributed by atoms with Crippen LogP contribution in [0.2, 0.25) is 0 Å². The third-order valence-electron chi connectivity index (χ3n) is 3.78. The lowest BCUT2D eigenvalue weighted by Crippen LogP contribution is -2.50. The van der Waals surface area contributed by atoms with E-state index in [-0.39, 0.29) is 11.5 Å². The maximum atomic E-state index is 10.1. The molecule has 0 spiro atoms. The Balaban J connectivity index is 2.19. The summed E-state index contributed by atoms with van der Waals surface area (Å²) in [6.45, 7) is 12.7. The number of piperazine rings is 1. The van der Waals surface area contributed by atoms with Gasteiger partial charge < -0.3 is 15.1 Å². The van der Waals surface area contributed by atoms with Gasteiger partial charge in [-0.25, -0.2) is 0 Å². The van der Waals surface area contributed by atoms with E-state index in [2.05, 4.69) is 30.6 Å². The Labute approximate surface area is 112 Å². The molecule has 0 radical (unpaired) electrons. The predicted octanol–water partition coefficient (Wildman–Crippen LogP) is 0.783. The van der Waals surface area contributed by atoms with Crippen LogP contribution in [0.5, 0.6) is 0 Å². The van der Waals surface area contributed by atoms with Crippen molar-refractivity contribution in [2.45, 2.75) is 39.7 Å². The van der Waals surface area contributed by atoms with E-state index in [4.69, 9.17) is 5.11 Å². The number of hydrogen-bond donors (Lipinski definition) is 2. The summed E-state index contributed by atoms with van der Waals surface area (Å²) in [5, 5.41) is 18.9. The maximum absolute atomic E-state index is 10.1. The Kier molecular flexibility index (Phi) is 6.57.